The molecule has 0 saturated carbocycles. The number of aromatic nitrogens is 3. The Hall–Kier alpha value is -3.49. The number of halogens is 1. The van der Waals surface area contributed by atoms with Crippen LogP contribution in [0, 0.1) is 0 Å². The first kappa shape index (κ1) is 21.7. The summed E-state index contributed by atoms with van der Waals surface area (Å²) in [5.74, 6) is -0.286. The summed E-state index contributed by atoms with van der Waals surface area (Å²) in [6.45, 7) is 1.79. The van der Waals surface area contributed by atoms with Gasteiger partial charge in [0.2, 0.25) is 0 Å². The zero-order chi connectivity index (χ0) is 22.5. The molecule has 0 aliphatic carbocycles. The number of amides is 1. The molecule has 9 heteroatoms. The Labute approximate surface area is 193 Å². The first-order chi connectivity index (χ1) is 15.5. The number of rotatable bonds is 6. The van der Waals surface area contributed by atoms with Crippen molar-refractivity contribution < 1.29 is 4.79 Å². The minimum atomic E-state index is -0.316. The fraction of sp³-hybridized carbons (Fsp3) is 0.0870. The molecule has 2 aromatic carbocycles. The zero-order valence-electron chi connectivity index (χ0n) is 17.0. The monoisotopic (exact) mass is 463 g/mol. The van der Waals surface area contributed by atoms with Crippen LogP contribution in [0.25, 0.3) is 16.6 Å². The van der Waals surface area contributed by atoms with Gasteiger partial charge in [-0.2, -0.15) is 5.10 Å². The number of nitrogens with zero attached hydrogens (tertiary/aromatic N) is 4. The number of fused-ring (bicyclic) bond motifs is 1. The molecule has 0 fully saturated rings. The lowest BCUT2D eigenvalue weighted by Crippen LogP contribution is -2.24. The molecule has 1 amide bonds. The number of para-hydroxylation sites is 1. The molecule has 160 valence electrons. The van der Waals surface area contributed by atoms with Gasteiger partial charge < -0.3 is 0 Å². The van der Waals surface area contributed by atoms with E-state index in [1.54, 1.807) is 67.8 Å². The highest BCUT2D eigenvalue weighted by Gasteiger charge is 2.15. The highest BCUT2D eigenvalue weighted by molar-refractivity contribution is 7.99. The molecule has 0 saturated heterocycles. The molecule has 2 aromatic heterocycles. The van der Waals surface area contributed by atoms with Crippen molar-refractivity contribution in [3.05, 3.63) is 94.0 Å². The summed E-state index contributed by atoms with van der Waals surface area (Å²) in [5, 5.41) is 5.58. The molecule has 0 spiro atoms. The number of carbonyl (C=O) groups excluding carboxylic acids is 1. The van der Waals surface area contributed by atoms with E-state index in [0.717, 1.165) is 17.3 Å². The summed E-state index contributed by atoms with van der Waals surface area (Å²) in [4.78, 5) is 34.3. The molecule has 4 aromatic rings. The molecule has 2 heterocycles. The Kier molecular flexibility index (Phi) is 6.63. The second kappa shape index (κ2) is 9.76. The smallest absolute Gasteiger partial charge is 0.266 e. The van der Waals surface area contributed by atoms with E-state index in [1.165, 1.54) is 4.57 Å². The van der Waals surface area contributed by atoms with Crippen LogP contribution >= 0.6 is 23.4 Å². The molecule has 1 N–H and O–H groups in total. The number of hydrazone groups is 1. The van der Waals surface area contributed by atoms with Crippen LogP contribution in [-0.4, -0.2) is 31.9 Å². The van der Waals surface area contributed by atoms with E-state index in [1.807, 2.05) is 12.1 Å². The van der Waals surface area contributed by atoms with Gasteiger partial charge in [0.05, 0.1) is 28.1 Å². The average Bonchev–Trinajstić information content (AvgIpc) is 2.82. The summed E-state index contributed by atoms with van der Waals surface area (Å²) in [7, 11) is 0. The highest BCUT2D eigenvalue weighted by Crippen LogP contribution is 2.22. The van der Waals surface area contributed by atoms with Crippen LogP contribution in [-0.2, 0) is 4.79 Å². The summed E-state index contributed by atoms with van der Waals surface area (Å²) in [6.07, 6.45) is 3.34. The van der Waals surface area contributed by atoms with Crippen molar-refractivity contribution in [1.29, 1.82) is 0 Å². The Bertz CT molecular complexity index is 1350. The first-order valence-corrected chi connectivity index (χ1v) is 11.0. The van der Waals surface area contributed by atoms with Gasteiger partial charge in [-0.05, 0) is 49.4 Å². The summed E-state index contributed by atoms with van der Waals surface area (Å²) < 4.78 is 1.49. The molecule has 7 nitrogen and oxygen atoms in total. The Morgan fingerprint density at radius 1 is 1.12 bits per heavy atom. The second-order valence-corrected chi connectivity index (χ2v) is 8.17. The summed E-state index contributed by atoms with van der Waals surface area (Å²) in [5.41, 5.74) is 4.95. The van der Waals surface area contributed by atoms with Gasteiger partial charge in [0.1, 0.15) is 0 Å². The quantitative estimate of drug-likeness (QED) is 0.201. The number of hydrogen-bond donors (Lipinski definition) is 1. The van der Waals surface area contributed by atoms with E-state index in [9.17, 15) is 9.59 Å². The van der Waals surface area contributed by atoms with Crippen LogP contribution in [0.1, 0.15) is 12.5 Å². The van der Waals surface area contributed by atoms with Gasteiger partial charge in [-0.15, -0.1) is 0 Å². The van der Waals surface area contributed by atoms with E-state index < -0.39 is 0 Å². The molecule has 0 aliphatic rings. The molecule has 0 atom stereocenters. The van der Waals surface area contributed by atoms with E-state index in [2.05, 4.69) is 20.5 Å². The molecule has 0 bridgehead atoms. The van der Waals surface area contributed by atoms with Crippen LogP contribution in [0.4, 0.5) is 0 Å². The average molecular weight is 464 g/mol. The molecular formula is C23H18ClN5O2S. The van der Waals surface area contributed by atoms with Gasteiger partial charge in [-0.25, -0.2) is 10.4 Å². The number of hydrogen-bond acceptors (Lipinski definition) is 6. The summed E-state index contributed by atoms with van der Waals surface area (Å²) >= 11 is 7.16. The Morgan fingerprint density at radius 2 is 1.91 bits per heavy atom. The molecule has 4 rings (SSSR count). The zero-order valence-corrected chi connectivity index (χ0v) is 18.6. The van der Waals surface area contributed by atoms with E-state index in [-0.39, 0.29) is 17.2 Å². The van der Waals surface area contributed by atoms with Crippen molar-refractivity contribution in [3.8, 4) is 5.69 Å². The summed E-state index contributed by atoms with van der Waals surface area (Å²) in [6, 6.07) is 17.7. The van der Waals surface area contributed by atoms with E-state index in [0.29, 0.717) is 32.5 Å². The molecule has 0 unspecified atom stereocenters. The standard InChI is InChI=1S/C23H18ClN5O2S/c1-15(16-5-4-12-25-13-16)27-28-21(30)14-32-23-26-20-7-3-2-6-19(20)22(31)29(23)18-10-8-17(24)9-11-18/h2-13H,14H2,1H3,(H,28,30)/b27-15-. The Morgan fingerprint density at radius 3 is 2.66 bits per heavy atom. The topological polar surface area (TPSA) is 89.2 Å². The van der Waals surface area contributed by atoms with Crippen molar-refractivity contribution in [2.24, 2.45) is 5.10 Å². The third-order valence-corrected chi connectivity index (χ3v) is 5.78. The van der Waals surface area contributed by atoms with Crippen molar-refractivity contribution in [1.82, 2.24) is 20.0 Å². The second-order valence-electron chi connectivity index (χ2n) is 6.79. The highest BCUT2D eigenvalue weighted by atomic mass is 35.5. The molecule has 32 heavy (non-hydrogen) atoms. The minimum absolute atomic E-state index is 0.0300. The van der Waals surface area contributed by atoms with Gasteiger partial charge in [0.15, 0.2) is 5.16 Å². The Balaban J connectivity index is 1.59. The van der Waals surface area contributed by atoms with Gasteiger partial charge in [0.25, 0.3) is 11.5 Å². The number of carbonyl (C=O) groups is 1. The van der Waals surface area contributed by atoms with Gasteiger partial charge >= 0.3 is 0 Å². The van der Waals surface area contributed by atoms with Crippen LogP contribution in [0.2, 0.25) is 5.02 Å². The lowest BCUT2D eigenvalue weighted by molar-refractivity contribution is -0.118. The van der Waals surface area contributed by atoms with Crippen LogP contribution < -0.4 is 11.0 Å². The maximum absolute atomic E-state index is 13.2. The number of nitrogens with one attached hydrogen (secondary N) is 1. The lowest BCUT2D eigenvalue weighted by Gasteiger charge is -2.13. The van der Waals surface area contributed by atoms with Crippen LogP contribution in [0.5, 0.6) is 0 Å². The van der Waals surface area contributed by atoms with Gasteiger partial charge in [-0.1, -0.05) is 41.6 Å². The third-order valence-electron chi connectivity index (χ3n) is 4.59. The number of thioether (sulfide) groups is 1. The minimum Gasteiger partial charge on any atom is -0.272 e. The van der Waals surface area contributed by atoms with Gasteiger partial charge in [0, 0.05) is 23.0 Å². The largest absolute Gasteiger partial charge is 0.272 e. The fourth-order valence-corrected chi connectivity index (χ4v) is 3.91. The predicted molar refractivity (Wildman–Crippen MR) is 128 cm³/mol. The van der Waals surface area contributed by atoms with Crippen LogP contribution in [0.3, 0.4) is 0 Å². The fourth-order valence-electron chi connectivity index (χ4n) is 2.98. The van der Waals surface area contributed by atoms with E-state index >= 15 is 0 Å². The van der Waals surface area contributed by atoms with Crippen LogP contribution in [0.15, 0.2) is 88.1 Å². The van der Waals surface area contributed by atoms with Crippen molar-refractivity contribution in [3.63, 3.8) is 0 Å². The normalized spacial score (nSPS) is 11.5. The van der Waals surface area contributed by atoms with Crippen molar-refractivity contribution in [2.45, 2.75) is 12.1 Å². The lowest BCUT2D eigenvalue weighted by atomic mass is 10.2. The molecular weight excluding hydrogens is 446 g/mol. The number of pyridine rings is 1. The van der Waals surface area contributed by atoms with Crippen molar-refractivity contribution >= 4 is 45.9 Å². The number of benzene rings is 2. The SMILES string of the molecule is C/C(=N/NC(=O)CSc1nc2ccccc2c(=O)n1-c1ccc(Cl)cc1)c1cccnc1. The maximum Gasteiger partial charge on any atom is 0.266 e. The third kappa shape index (κ3) is 4.87. The van der Waals surface area contributed by atoms with E-state index in [4.69, 9.17) is 11.6 Å². The van der Waals surface area contributed by atoms with Gasteiger partial charge in [-0.3, -0.25) is 19.1 Å². The molecule has 0 aliphatic heterocycles. The molecule has 0 radical (unpaired) electrons. The predicted octanol–water partition coefficient (Wildman–Crippen LogP) is 4.07. The maximum atomic E-state index is 13.2. The van der Waals surface area contributed by atoms with Crippen molar-refractivity contribution in [2.75, 3.05) is 5.75 Å². The first-order valence-electron chi connectivity index (χ1n) is 9.67.